The van der Waals surface area contributed by atoms with Crippen LogP contribution in [0.2, 0.25) is 0 Å². The van der Waals surface area contributed by atoms with E-state index >= 15 is 0 Å². The van der Waals surface area contributed by atoms with Crippen LogP contribution < -0.4 is 4.74 Å². The summed E-state index contributed by atoms with van der Waals surface area (Å²) in [6, 6.07) is 6.66. The van der Waals surface area contributed by atoms with Crippen LogP contribution in [0.5, 0.6) is 5.75 Å². The van der Waals surface area contributed by atoms with Gasteiger partial charge in [-0.15, -0.1) is 11.3 Å². The monoisotopic (exact) mass is 391 g/mol. The quantitative estimate of drug-likeness (QED) is 0.662. The predicted molar refractivity (Wildman–Crippen MR) is 112 cm³/mol. The lowest BCUT2D eigenvalue weighted by atomic mass is 10.00. The molecule has 0 spiro atoms. The van der Waals surface area contributed by atoms with Crippen molar-refractivity contribution in [2.24, 2.45) is 4.99 Å². The fraction of sp³-hybridized carbons (Fsp3) is 0.333. The van der Waals surface area contributed by atoms with E-state index < -0.39 is 0 Å². The molecule has 28 heavy (non-hydrogen) atoms. The highest BCUT2D eigenvalue weighted by molar-refractivity contribution is 7.15. The fourth-order valence-electron chi connectivity index (χ4n) is 3.61. The highest BCUT2D eigenvalue weighted by atomic mass is 32.1. The first kappa shape index (κ1) is 17.3. The molecule has 0 unspecified atom stereocenters. The average Bonchev–Trinajstić information content (AvgIpc) is 3.33. The van der Waals surface area contributed by atoms with Crippen LogP contribution in [0.25, 0.3) is 27.7 Å². The highest BCUT2D eigenvalue weighted by Crippen LogP contribution is 2.41. The zero-order valence-electron chi connectivity index (χ0n) is 15.9. The maximum atomic E-state index is 6.08. The Labute approximate surface area is 167 Å². The van der Waals surface area contributed by atoms with Crippen LogP contribution in [0.3, 0.4) is 0 Å². The molecule has 2 aliphatic rings. The van der Waals surface area contributed by atoms with Crippen LogP contribution >= 0.6 is 11.3 Å². The molecule has 7 heteroatoms. The van der Waals surface area contributed by atoms with Gasteiger partial charge in [-0.2, -0.15) is 5.10 Å². The Bertz CT molecular complexity index is 1090. The summed E-state index contributed by atoms with van der Waals surface area (Å²) in [5, 5.41) is 5.27. The molecule has 3 aromatic rings. The van der Waals surface area contributed by atoms with E-state index in [2.05, 4.69) is 53.2 Å². The second kappa shape index (κ2) is 6.98. The summed E-state index contributed by atoms with van der Waals surface area (Å²) in [5.74, 6) is 1.73. The number of aromatic nitrogens is 4. The Hall–Kier alpha value is -2.80. The number of thiazole rings is 1. The minimum Gasteiger partial charge on any atom is -0.492 e. The van der Waals surface area contributed by atoms with Crippen molar-refractivity contribution in [3.05, 3.63) is 41.0 Å². The van der Waals surface area contributed by atoms with E-state index in [9.17, 15) is 0 Å². The number of nitrogens with zero attached hydrogens (tertiary/aromatic N) is 5. The van der Waals surface area contributed by atoms with E-state index in [1.54, 1.807) is 17.7 Å². The van der Waals surface area contributed by atoms with Gasteiger partial charge >= 0.3 is 0 Å². The summed E-state index contributed by atoms with van der Waals surface area (Å²) < 4.78 is 8.01. The van der Waals surface area contributed by atoms with Gasteiger partial charge in [0.1, 0.15) is 12.1 Å². The maximum Gasteiger partial charge on any atom is 0.187 e. The van der Waals surface area contributed by atoms with Gasteiger partial charge in [-0.05, 0) is 37.1 Å². The van der Waals surface area contributed by atoms with Crippen LogP contribution in [-0.2, 0) is 6.42 Å². The molecule has 2 aromatic heterocycles. The van der Waals surface area contributed by atoms with E-state index in [1.807, 2.05) is 10.9 Å². The zero-order valence-corrected chi connectivity index (χ0v) is 16.7. The first-order valence-electron chi connectivity index (χ1n) is 9.55. The molecule has 142 valence electrons. The SMILES string of the molecule is CC(C)n1ncnc1-c1nc2c(s1)CCOc1cc(C3=CCC=NC3)ccc1-2. The van der Waals surface area contributed by atoms with E-state index in [1.165, 1.54) is 16.0 Å². The molecule has 0 bridgehead atoms. The largest absolute Gasteiger partial charge is 0.492 e. The van der Waals surface area contributed by atoms with Gasteiger partial charge in [-0.25, -0.2) is 14.6 Å². The molecule has 0 amide bonds. The number of dihydropyridines is 1. The van der Waals surface area contributed by atoms with Gasteiger partial charge in [0, 0.05) is 35.5 Å². The van der Waals surface area contributed by atoms with Gasteiger partial charge in [0.15, 0.2) is 10.8 Å². The number of allylic oxidation sites excluding steroid dienone is 1. The van der Waals surface area contributed by atoms with Crippen molar-refractivity contribution in [2.45, 2.75) is 32.7 Å². The molecular formula is C21H21N5OS. The normalized spacial score (nSPS) is 15.6. The van der Waals surface area contributed by atoms with Gasteiger partial charge in [0.05, 0.1) is 18.8 Å². The number of ether oxygens (including phenoxy) is 1. The van der Waals surface area contributed by atoms with Crippen molar-refractivity contribution in [3.8, 4) is 27.8 Å². The third-order valence-corrected chi connectivity index (χ3v) is 6.12. The standard InChI is InChI=1S/C21H21N5OS/c1-13(2)26-20(23-12-24-26)21-25-19-16-6-5-14(15-4-3-8-22-11-15)10-17(16)27-9-7-18(19)28-21/h4-6,8,10,12-13H,3,7,9,11H2,1-2H3. The molecule has 6 nitrogen and oxygen atoms in total. The number of fused-ring (bicyclic) bond motifs is 3. The molecule has 0 radical (unpaired) electrons. The number of hydrogen-bond acceptors (Lipinski definition) is 6. The van der Waals surface area contributed by atoms with Gasteiger partial charge in [-0.1, -0.05) is 12.1 Å². The number of benzene rings is 1. The van der Waals surface area contributed by atoms with Crippen LogP contribution in [0, 0.1) is 0 Å². The molecule has 4 heterocycles. The minimum atomic E-state index is 0.241. The molecule has 0 saturated heterocycles. The van der Waals surface area contributed by atoms with Gasteiger partial charge < -0.3 is 4.74 Å². The lowest BCUT2D eigenvalue weighted by molar-refractivity contribution is 0.327. The van der Waals surface area contributed by atoms with E-state index in [0.717, 1.165) is 47.2 Å². The lowest BCUT2D eigenvalue weighted by Gasteiger charge is -2.12. The molecule has 1 aromatic carbocycles. The summed E-state index contributed by atoms with van der Waals surface area (Å²) in [6.07, 6.45) is 7.54. The molecular weight excluding hydrogens is 370 g/mol. The van der Waals surface area contributed by atoms with E-state index in [4.69, 9.17) is 9.72 Å². The number of rotatable bonds is 3. The Morgan fingerprint density at radius 3 is 3.00 bits per heavy atom. The second-order valence-electron chi connectivity index (χ2n) is 7.21. The molecule has 2 aliphatic heterocycles. The third kappa shape index (κ3) is 2.96. The molecule has 0 atom stereocenters. The summed E-state index contributed by atoms with van der Waals surface area (Å²) >= 11 is 1.69. The maximum absolute atomic E-state index is 6.08. The minimum absolute atomic E-state index is 0.241. The van der Waals surface area contributed by atoms with Crippen molar-refractivity contribution in [1.29, 1.82) is 0 Å². The van der Waals surface area contributed by atoms with Gasteiger partial charge in [0.25, 0.3) is 0 Å². The lowest BCUT2D eigenvalue weighted by Crippen LogP contribution is -2.04. The average molecular weight is 392 g/mol. The fourth-order valence-corrected chi connectivity index (χ4v) is 4.65. The van der Waals surface area contributed by atoms with Crippen LogP contribution in [0.15, 0.2) is 35.6 Å². The summed E-state index contributed by atoms with van der Waals surface area (Å²) in [7, 11) is 0. The summed E-state index contributed by atoms with van der Waals surface area (Å²) in [4.78, 5) is 15.0. The van der Waals surface area contributed by atoms with Crippen molar-refractivity contribution < 1.29 is 4.74 Å². The van der Waals surface area contributed by atoms with Crippen molar-refractivity contribution >= 4 is 23.1 Å². The van der Waals surface area contributed by atoms with Crippen molar-refractivity contribution in [1.82, 2.24) is 19.7 Å². The van der Waals surface area contributed by atoms with Crippen LogP contribution in [-0.4, -0.2) is 39.1 Å². The molecule has 0 N–H and O–H groups in total. The van der Waals surface area contributed by atoms with Crippen molar-refractivity contribution in [3.63, 3.8) is 0 Å². The van der Waals surface area contributed by atoms with Crippen LogP contribution in [0.4, 0.5) is 0 Å². The smallest absolute Gasteiger partial charge is 0.187 e. The van der Waals surface area contributed by atoms with Gasteiger partial charge in [-0.3, -0.25) is 4.99 Å². The first-order valence-corrected chi connectivity index (χ1v) is 10.4. The van der Waals surface area contributed by atoms with Gasteiger partial charge in [0.2, 0.25) is 0 Å². The van der Waals surface area contributed by atoms with E-state index in [0.29, 0.717) is 6.61 Å². The summed E-state index contributed by atoms with van der Waals surface area (Å²) in [5.41, 5.74) is 4.48. The summed E-state index contributed by atoms with van der Waals surface area (Å²) in [6.45, 7) is 5.59. The Morgan fingerprint density at radius 1 is 1.25 bits per heavy atom. The molecule has 5 rings (SSSR count). The molecule has 0 saturated carbocycles. The highest BCUT2D eigenvalue weighted by Gasteiger charge is 2.24. The Morgan fingerprint density at radius 2 is 2.18 bits per heavy atom. The molecule has 0 fully saturated rings. The second-order valence-corrected chi connectivity index (χ2v) is 8.29. The van der Waals surface area contributed by atoms with Crippen LogP contribution in [0.1, 0.15) is 36.8 Å². The number of hydrogen-bond donors (Lipinski definition) is 0. The van der Waals surface area contributed by atoms with E-state index in [-0.39, 0.29) is 6.04 Å². The topological polar surface area (TPSA) is 65.2 Å². The third-order valence-electron chi connectivity index (χ3n) is 5.01. The Balaban J connectivity index is 1.57. The number of aliphatic imine (C=N–C) groups is 1. The Kier molecular flexibility index (Phi) is 4.31. The van der Waals surface area contributed by atoms with Crippen molar-refractivity contribution in [2.75, 3.05) is 13.2 Å². The zero-order chi connectivity index (χ0) is 19.1. The predicted octanol–water partition coefficient (Wildman–Crippen LogP) is 4.44. The first-order chi connectivity index (χ1) is 13.7. The molecule has 0 aliphatic carbocycles.